The van der Waals surface area contributed by atoms with Crippen LogP contribution in [0.15, 0.2) is 0 Å². The number of amides is 1. The van der Waals surface area contributed by atoms with Crippen LogP contribution in [0.1, 0.15) is 6.92 Å². The number of nitrogens with one attached hydrogen (secondary N) is 1. The number of hydrogen-bond donors (Lipinski definition) is 2. The molecule has 70 valence electrons. The Morgan fingerprint density at radius 1 is 1.58 bits per heavy atom. The van der Waals surface area contributed by atoms with Crippen molar-refractivity contribution < 1.29 is 9.53 Å². The van der Waals surface area contributed by atoms with E-state index in [0.29, 0.717) is 13.2 Å². The molecule has 0 aromatic heterocycles. The molecular formula is C7H15N3O2. The van der Waals surface area contributed by atoms with Crippen LogP contribution in [0.4, 0.5) is 0 Å². The normalized spacial score (nSPS) is 22.1. The lowest BCUT2D eigenvalue weighted by Gasteiger charge is -2.29. The minimum Gasteiger partial charge on any atom is -0.379 e. The summed E-state index contributed by atoms with van der Waals surface area (Å²) >= 11 is 0. The van der Waals surface area contributed by atoms with Crippen molar-refractivity contribution in [3.63, 3.8) is 0 Å². The molecule has 5 heteroatoms. The van der Waals surface area contributed by atoms with E-state index in [0.717, 1.165) is 13.1 Å². The van der Waals surface area contributed by atoms with Crippen molar-refractivity contribution in [2.75, 3.05) is 26.3 Å². The maximum absolute atomic E-state index is 10.7. The second-order valence-electron chi connectivity index (χ2n) is 2.85. The first-order valence-electron chi connectivity index (χ1n) is 4.08. The van der Waals surface area contributed by atoms with Gasteiger partial charge in [-0.05, 0) is 6.92 Å². The third kappa shape index (κ3) is 2.77. The second kappa shape index (κ2) is 4.39. The fourth-order valence-electron chi connectivity index (χ4n) is 1.03. The van der Waals surface area contributed by atoms with E-state index in [1.54, 1.807) is 6.92 Å². The number of ether oxygens (including phenoxy) is 1. The van der Waals surface area contributed by atoms with Crippen LogP contribution >= 0.6 is 0 Å². The Labute approximate surface area is 71.8 Å². The summed E-state index contributed by atoms with van der Waals surface area (Å²) in [7, 11) is 0. The number of rotatable bonds is 3. The standard InChI is InChI=1S/C7H15N3O2/c1-6(7(8)11)9-10-2-4-12-5-3-10/h6,9H,2-5H2,1H3,(H2,8,11)/t6-/m1/s1. The van der Waals surface area contributed by atoms with Gasteiger partial charge in [-0.3, -0.25) is 4.79 Å². The lowest BCUT2D eigenvalue weighted by Crippen LogP contribution is -2.53. The molecule has 5 nitrogen and oxygen atoms in total. The summed E-state index contributed by atoms with van der Waals surface area (Å²) in [5, 5.41) is 1.96. The smallest absolute Gasteiger partial charge is 0.235 e. The molecule has 1 aliphatic rings. The van der Waals surface area contributed by atoms with Gasteiger partial charge in [0.05, 0.1) is 19.3 Å². The molecule has 0 aromatic carbocycles. The first kappa shape index (κ1) is 9.44. The quantitative estimate of drug-likeness (QED) is 0.556. The van der Waals surface area contributed by atoms with Crippen molar-refractivity contribution in [2.24, 2.45) is 5.73 Å². The van der Waals surface area contributed by atoms with Crippen LogP contribution in [0.2, 0.25) is 0 Å². The van der Waals surface area contributed by atoms with Gasteiger partial charge in [0.2, 0.25) is 5.91 Å². The molecule has 1 amide bonds. The SMILES string of the molecule is C[C@@H](NN1CCOCC1)C(N)=O. The number of nitrogens with zero attached hydrogens (tertiary/aromatic N) is 1. The fraction of sp³-hybridized carbons (Fsp3) is 0.857. The Kier molecular flexibility index (Phi) is 3.46. The van der Waals surface area contributed by atoms with Crippen LogP contribution < -0.4 is 11.2 Å². The molecule has 0 bridgehead atoms. The molecular weight excluding hydrogens is 158 g/mol. The van der Waals surface area contributed by atoms with Gasteiger partial charge in [-0.1, -0.05) is 0 Å². The highest BCUT2D eigenvalue weighted by atomic mass is 16.5. The third-order valence-electron chi connectivity index (χ3n) is 1.81. The molecule has 0 aliphatic carbocycles. The zero-order valence-corrected chi connectivity index (χ0v) is 7.25. The molecule has 0 aromatic rings. The first-order valence-corrected chi connectivity index (χ1v) is 4.08. The topological polar surface area (TPSA) is 67.6 Å². The van der Waals surface area contributed by atoms with E-state index in [1.165, 1.54) is 0 Å². The fourth-order valence-corrected chi connectivity index (χ4v) is 1.03. The maximum atomic E-state index is 10.7. The molecule has 0 spiro atoms. The highest BCUT2D eigenvalue weighted by Crippen LogP contribution is 1.93. The second-order valence-corrected chi connectivity index (χ2v) is 2.85. The largest absolute Gasteiger partial charge is 0.379 e. The van der Waals surface area contributed by atoms with Gasteiger partial charge in [0, 0.05) is 13.1 Å². The van der Waals surface area contributed by atoms with Crippen LogP contribution in [-0.2, 0) is 9.53 Å². The predicted octanol–water partition coefficient (Wildman–Crippen LogP) is -1.30. The summed E-state index contributed by atoms with van der Waals surface area (Å²) in [5.41, 5.74) is 8.09. The van der Waals surface area contributed by atoms with Gasteiger partial charge < -0.3 is 10.5 Å². The summed E-state index contributed by atoms with van der Waals surface area (Å²) in [6.45, 7) is 4.77. The van der Waals surface area contributed by atoms with Gasteiger partial charge in [-0.2, -0.15) is 0 Å². The summed E-state index contributed by atoms with van der Waals surface area (Å²) in [5.74, 6) is -0.332. The number of hydrazine groups is 1. The Hall–Kier alpha value is -0.650. The van der Waals surface area contributed by atoms with Gasteiger partial charge >= 0.3 is 0 Å². The van der Waals surface area contributed by atoms with Crippen molar-refractivity contribution in [2.45, 2.75) is 13.0 Å². The number of morpholine rings is 1. The predicted molar refractivity (Wildman–Crippen MR) is 44.2 cm³/mol. The monoisotopic (exact) mass is 173 g/mol. The Balaban J connectivity index is 2.24. The van der Waals surface area contributed by atoms with Crippen molar-refractivity contribution in [1.29, 1.82) is 0 Å². The van der Waals surface area contributed by atoms with Crippen molar-refractivity contribution in [1.82, 2.24) is 10.4 Å². The van der Waals surface area contributed by atoms with Gasteiger partial charge in [-0.25, -0.2) is 10.4 Å². The van der Waals surface area contributed by atoms with Gasteiger partial charge in [0.25, 0.3) is 0 Å². The number of hydrogen-bond acceptors (Lipinski definition) is 4. The summed E-state index contributed by atoms with van der Waals surface area (Å²) < 4.78 is 5.14. The minimum atomic E-state index is -0.332. The average Bonchev–Trinajstić information content (AvgIpc) is 2.06. The number of carbonyl (C=O) groups excluding carboxylic acids is 1. The lowest BCUT2D eigenvalue weighted by molar-refractivity contribution is -0.121. The van der Waals surface area contributed by atoms with E-state index in [-0.39, 0.29) is 11.9 Å². The summed E-state index contributed by atoms with van der Waals surface area (Å²) in [6.07, 6.45) is 0. The summed E-state index contributed by atoms with van der Waals surface area (Å²) in [4.78, 5) is 10.7. The van der Waals surface area contributed by atoms with Crippen molar-refractivity contribution in [3.8, 4) is 0 Å². The Morgan fingerprint density at radius 3 is 2.67 bits per heavy atom. The zero-order chi connectivity index (χ0) is 8.97. The number of carbonyl (C=O) groups is 1. The van der Waals surface area contributed by atoms with E-state index < -0.39 is 0 Å². The van der Waals surface area contributed by atoms with Crippen LogP contribution in [0, 0.1) is 0 Å². The molecule has 0 unspecified atom stereocenters. The van der Waals surface area contributed by atoms with E-state index in [1.807, 2.05) is 5.01 Å². The molecule has 1 fully saturated rings. The lowest BCUT2D eigenvalue weighted by atomic mass is 10.3. The van der Waals surface area contributed by atoms with Crippen molar-refractivity contribution >= 4 is 5.91 Å². The molecule has 1 saturated heterocycles. The highest BCUT2D eigenvalue weighted by Gasteiger charge is 2.15. The first-order chi connectivity index (χ1) is 5.70. The number of primary amides is 1. The molecule has 1 heterocycles. The van der Waals surface area contributed by atoms with Crippen molar-refractivity contribution in [3.05, 3.63) is 0 Å². The van der Waals surface area contributed by atoms with Crippen LogP contribution in [0.5, 0.6) is 0 Å². The van der Waals surface area contributed by atoms with Crippen LogP contribution in [0.25, 0.3) is 0 Å². The average molecular weight is 173 g/mol. The van der Waals surface area contributed by atoms with Gasteiger partial charge in [0.15, 0.2) is 0 Å². The van der Waals surface area contributed by atoms with Crippen LogP contribution in [0.3, 0.4) is 0 Å². The highest BCUT2D eigenvalue weighted by molar-refractivity contribution is 5.79. The van der Waals surface area contributed by atoms with E-state index >= 15 is 0 Å². The van der Waals surface area contributed by atoms with E-state index in [2.05, 4.69) is 5.43 Å². The third-order valence-corrected chi connectivity index (χ3v) is 1.81. The van der Waals surface area contributed by atoms with Crippen LogP contribution in [-0.4, -0.2) is 43.3 Å². The van der Waals surface area contributed by atoms with E-state index in [4.69, 9.17) is 10.5 Å². The summed E-state index contributed by atoms with van der Waals surface area (Å²) in [6, 6.07) is -0.303. The molecule has 1 rings (SSSR count). The Bertz CT molecular complexity index is 157. The van der Waals surface area contributed by atoms with Gasteiger partial charge in [-0.15, -0.1) is 0 Å². The maximum Gasteiger partial charge on any atom is 0.235 e. The minimum absolute atomic E-state index is 0.303. The Morgan fingerprint density at radius 2 is 2.17 bits per heavy atom. The molecule has 0 saturated carbocycles. The number of nitrogens with two attached hydrogens (primary N) is 1. The zero-order valence-electron chi connectivity index (χ0n) is 7.25. The molecule has 3 N–H and O–H groups in total. The molecule has 0 radical (unpaired) electrons. The molecule has 1 aliphatic heterocycles. The van der Waals surface area contributed by atoms with E-state index in [9.17, 15) is 4.79 Å². The van der Waals surface area contributed by atoms with Gasteiger partial charge in [0.1, 0.15) is 0 Å². The molecule has 12 heavy (non-hydrogen) atoms. The molecule has 1 atom stereocenters.